The highest BCUT2D eigenvalue weighted by Crippen LogP contribution is 2.26. The lowest BCUT2D eigenvalue weighted by Gasteiger charge is -2.06. The molecule has 4 aromatic rings. The van der Waals surface area contributed by atoms with E-state index in [-0.39, 0.29) is 0 Å². The number of aromatic nitrogens is 5. The number of aryl methyl sites for hydroxylation is 2. The summed E-state index contributed by atoms with van der Waals surface area (Å²) in [6.07, 6.45) is 0. The lowest BCUT2D eigenvalue weighted by atomic mass is 10.1. The van der Waals surface area contributed by atoms with Crippen LogP contribution in [-0.4, -0.2) is 32.2 Å². The number of nitrogens with zero attached hydrogens (tertiary/aromatic N) is 5. The molecule has 4 rings (SSSR count). The number of ether oxygens (including phenoxy) is 1. The summed E-state index contributed by atoms with van der Waals surface area (Å²) in [4.78, 5) is 4.47. The van der Waals surface area contributed by atoms with Crippen LogP contribution < -0.4 is 4.74 Å². The average molecular weight is 361 g/mol. The summed E-state index contributed by atoms with van der Waals surface area (Å²) in [6, 6.07) is 13.6. The first-order chi connectivity index (χ1) is 13.1. The van der Waals surface area contributed by atoms with Crippen molar-refractivity contribution in [3.8, 4) is 34.4 Å². The summed E-state index contributed by atoms with van der Waals surface area (Å²) in [6.45, 7) is 6.09. The molecule has 0 aliphatic heterocycles. The first kappa shape index (κ1) is 17.0. The molecule has 0 radical (unpaired) electrons. The second kappa shape index (κ2) is 6.68. The summed E-state index contributed by atoms with van der Waals surface area (Å²) in [5.74, 6) is 1.61. The zero-order chi connectivity index (χ0) is 19.0. The Bertz CT molecular complexity index is 1100. The van der Waals surface area contributed by atoms with E-state index in [2.05, 4.69) is 46.4 Å². The highest BCUT2D eigenvalue weighted by molar-refractivity contribution is 5.60. The van der Waals surface area contributed by atoms with Crippen LogP contribution in [0.3, 0.4) is 0 Å². The Labute approximate surface area is 156 Å². The minimum absolute atomic E-state index is 0.341. The number of benzene rings is 2. The van der Waals surface area contributed by atoms with Crippen LogP contribution in [0, 0.1) is 20.8 Å². The first-order valence-electron chi connectivity index (χ1n) is 8.55. The molecule has 2 aromatic heterocycles. The molecule has 0 saturated heterocycles. The third-order valence-electron chi connectivity index (χ3n) is 4.61. The van der Waals surface area contributed by atoms with Crippen molar-refractivity contribution in [1.29, 1.82) is 0 Å². The monoisotopic (exact) mass is 361 g/mol. The molecule has 7 nitrogen and oxygen atoms in total. The number of hydrogen-bond donors (Lipinski definition) is 0. The van der Waals surface area contributed by atoms with Gasteiger partial charge in [-0.3, -0.25) is 0 Å². The lowest BCUT2D eigenvalue weighted by Crippen LogP contribution is -2.00. The van der Waals surface area contributed by atoms with Gasteiger partial charge >= 0.3 is 0 Å². The van der Waals surface area contributed by atoms with Crippen molar-refractivity contribution in [3.63, 3.8) is 0 Å². The maximum atomic E-state index is 5.43. The summed E-state index contributed by atoms with van der Waals surface area (Å²) >= 11 is 0. The van der Waals surface area contributed by atoms with Crippen molar-refractivity contribution in [1.82, 2.24) is 25.1 Å². The molecule has 0 amide bonds. The third-order valence-corrected chi connectivity index (χ3v) is 4.61. The van der Waals surface area contributed by atoms with Crippen LogP contribution in [-0.2, 0) is 0 Å². The Balaban J connectivity index is 1.67. The summed E-state index contributed by atoms with van der Waals surface area (Å²) < 4.78 is 12.4. The molecule has 0 bridgehead atoms. The Hall–Kier alpha value is -3.48. The molecule has 0 spiro atoms. The van der Waals surface area contributed by atoms with E-state index in [4.69, 9.17) is 9.26 Å². The van der Waals surface area contributed by atoms with Gasteiger partial charge in [-0.2, -0.15) is 4.98 Å². The largest absolute Gasteiger partial charge is 0.497 e. The Morgan fingerprint density at radius 1 is 0.963 bits per heavy atom. The molecule has 0 atom stereocenters. The van der Waals surface area contributed by atoms with Crippen LogP contribution in [0.5, 0.6) is 5.75 Å². The first-order valence-corrected chi connectivity index (χ1v) is 8.55. The molecule has 0 saturated carbocycles. The summed E-state index contributed by atoms with van der Waals surface area (Å²) in [7, 11) is 1.63. The van der Waals surface area contributed by atoms with E-state index in [9.17, 15) is 0 Å². The molecule has 2 aromatic carbocycles. The number of hydrogen-bond acceptors (Lipinski definition) is 6. The molecular formula is C20H19N5O2. The second-order valence-electron chi connectivity index (χ2n) is 6.36. The van der Waals surface area contributed by atoms with Crippen molar-refractivity contribution in [2.75, 3.05) is 7.11 Å². The van der Waals surface area contributed by atoms with Crippen molar-refractivity contribution in [2.24, 2.45) is 0 Å². The second-order valence-corrected chi connectivity index (χ2v) is 6.36. The number of methoxy groups -OCH3 is 1. The van der Waals surface area contributed by atoms with Crippen LogP contribution in [0.15, 0.2) is 47.0 Å². The van der Waals surface area contributed by atoms with Crippen LogP contribution in [0.2, 0.25) is 0 Å². The van der Waals surface area contributed by atoms with Crippen LogP contribution in [0.4, 0.5) is 0 Å². The van der Waals surface area contributed by atoms with Gasteiger partial charge in [0.2, 0.25) is 5.82 Å². The summed E-state index contributed by atoms with van der Waals surface area (Å²) in [5.41, 5.74) is 5.62. The molecule has 0 N–H and O–H groups in total. The maximum absolute atomic E-state index is 5.43. The van der Waals surface area contributed by atoms with Gasteiger partial charge < -0.3 is 9.26 Å². The van der Waals surface area contributed by atoms with Gasteiger partial charge in [-0.05, 0) is 68.3 Å². The van der Waals surface area contributed by atoms with Gasteiger partial charge in [0.15, 0.2) is 5.69 Å². The highest BCUT2D eigenvalue weighted by atomic mass is 16.5. The van der Waals surface area contributed by atoms with Crippen LogP contribution >= 0.6 is 0 Å². The maximum Gasteiger partial charge on any atom is 0.280 e. The SMILES string of the molecule is COc1ccc(-c2noc(-c3nnn(-c4ccc(C)c(C)c4)c3C)n2)cc1. The van der Waals surface area contributed by atoms with Gasteiger partial charge in [0.05, 0.1) is 18.5 Å². The van der Waals surface area contributed by atoms with E-state index < -0.39 is 0 Å². The molecule has 0 unspecified atom stereocenters. The van der Waals surface area contributed by atoms with E-state index in [0.717, 1.165) is 22.7 Å². The standard InChI is InChI=1S/C20H19N5O2/c1-12-5-8-16(11-13(12)2)25-14(3)18(22-24-25)20-21-19(23-27-20)15-6-9-17(26-4)10-7-15/h5-11H,1-4H3. The fourth-order valence-corrected chi connectivity index (χ4v) is 2.81. The van der Waals surface area contributed by atoms with E-state index >= 15 is 0 Å². The molecule has 0 fully saturated rings. The Morgan fingerprint density at radius 3 is 2.44 bits per heavy atom. The summed E-state index contributed by atoms with van der Waals surface area (Å²) in [5, 5.41) is 12.6. The highest BCUT2D eigenvalue weighted by Gasteiger charge is 2.19. The molecule has 2 heterocycles. The molecule has 7 heteroatoms. The zero-order valence-corrected chi connectivity index (χ0v) is 15.6. The third kappa shape index (κ3) is 3.08. The quantitative estimate of drug-likeness (QED) is 0.548. The Morgan fingerprint density at radius 2 is 1.74 bits per heavy atom. The Kier molecular flexibility index (Phi) is 4.19. The van der Waals surface area contributed by atoms with Gasteiger partial charge in [-0.15, -0.1) is 5.10 Å². The van der Waals surface area contributed by atoms with Crippen molar-refractivity contribution in [3.05, 3.63) is 59.3 Å². The van der Waals surface area contributed by atoms with E-state index in [0.29, 0.717) is 17.4 Å². The van der Waals surface area contributed by atoms with Gasteiger partial charge in [0.25, 0.3) is 5.89 Å². The minimum atomic E-state index is 0.341. The molecular weight excluding hydrogens is 342 g/mol. The van der Waals surface area contributed by atoms with Gasteiger partial charge in [0.1, 0.15) is 5.75 Å². The van der Waals surface area contributed by atoms with Gasteiger partial charge in [-0.1, -0.05) is 16.4 Å². The smallest absolute Gasteiger partial charge is 0.280 e. The molecule has 27 heavy (non-hydrogen) atoms. The minimum Gasteiger partial charge on any atom is -0.497 e. The van der Waals surface area contributed by atoms with Crippen molar-refractivity contribution in [2.45, 2.75) is 20.8 Å². The van der Waals surface area contributed by atoms with E-state index in [1.807, 2.05) is 37.3 Å². The van der Waals surface area contributed by atoms with Crippen LogP contribution in [0.1, 0.15) is 16.8 Å². The molecule has 136 valence electrons. The van der Waals surface area contributed by atoms with Crippen LogP contribution in [0.25, 0.3) is 28.7 Å². The lowest BCUT2D eigenvalue weighted by molar-refractivity contribution is 0.414. The topological polar surface area (TPSA) is 78.9 Å². The predicted molar refractivity (Wildman–Crippen MR) is 101 cm³/mol. The fourth-order valence-electron chi connectivity index (χ4n) is 2.81. The molecule has 0 aliphatic carbocycles. The predicted octanol–water partition coefficient (Wildman–Crippen LogP) is 3.92. The molecule has 0 aliphatic rings. The van der Waals surface area contributed by atoms with Crippen molar-refractivity contribution < 1.29 is 9.26 Å². The zero-order valence-electron chi connectivity index (χ0n) is 15.6. The van der Waals surface area contributed by atoms with Crippen molar-refractivity contribution >= 4 is 0 Å². The van der Waals surface area contributed by atoms with Gasteiger partial charge in [-0.25, -0.2) is 4.68 Å². The normalized spacial score (nSPS) is 11.0. The fraction of sp³-hybridized carbons (Fsp3) is 0.200. The van der Waals surface area contributed by atoms with Gasteiger partial charge in [0, 0.05) is 5.56 Å². The van der Waals surface area contributed by atoms with E-state index in [1.54, 1.807) is 11.8 Å². The van der Waals surface area contributed by atoms with E-state index in [1.165, 1.54) is 11.1 Å². The number of rotatable bonds is 4. The average Bonchev–Trinajstić information content (AvgIpc) is 3.31.